The Morgan fingerprint density at radius 2 is 1.84 bits per heavy atom. The molecular formula is C31H50O6. The van der Waals surface area contributed by atoms with Crippen molar-refractivity contribution in [1.29, 1.82) is 0 Å². The van der Waals surface area contributed by atoms with Gasteiger partial charge in [0.2, 0.25) is 0 Å². The second kappa shape index (κ2) is 13.7. The lowest BCUT2D eigenvalue weighted by Crippen LogP contribution is -2.53. The van der Waals surface area contributed by atoms with Gasteiger partial charge in [0.1, 0.15) is 5.78 Å². The minimum Gasteiger partial charge on any atom is -0.393 e. The Kier molecular flexibility index (Phi) is 11.2. The zero-order valence-electron chi connectivity index (χ0n) is 23.9. The maximum Gasteiger partial charge on any atom is 0.163 e. The molecule has 0 amide bonds. The summed E-state index contributed by atoms with van der Waals surface area (Å²) in [5.41, 5.74) is 0.411. The molecule has 2 aliphatic rings. The zero-order valence-corrected chi connectivity index (χ0v) is 23.9. The summed E-state index contributed by atoms with van der Waals surface area (Å²) in [5, 5.41) is 9.82. The average Bonchev–Trinajstić information content (AvgIpc) is 2.86. The molecule has 2 fully saturated rings. The van der Waals surface area contributed by atoms with Gasteiger partial charge in [0.05, 0.1) is 30.3 Å². The molecule has 210 valence electrons. The predicted molar refractivity (Wildman–Crippen MR) is 145 cm³/mol. The van der Waals surface area contributed by atoms with Crippen LogP contribution in [0.2, 0.25) is 0 Å². The lowest BCUT2D eigenvalue weighted by atomic mass is 9.70. The Hall–Kier alpha value is -1.31. The Labute approximate surface area is 224 Å². The van der Waals surface area contributed by atoms with E-state index in [2.05, 4.69) is 19.1 Å². The summed E-state index contributed by atoms with van der Waals surface area (Å²) < 4.78 is 24.8. The number of aliphatic hydroxyl groups is 1. The predicted octanol–water partition coefficient (Wildman–Crippen LogP) is 6.08. The highest BCUT2D eigenvalue weighted by Gasteiger charge is 2.48. The van der Waals surface area contributed by atoms with E-state index in [1.807, 2.05) is 52.8 Å². The van der Waals surface area contributed by atoms with Crippen molar-refractivity contribution in [2.75, 3.05) is 13.2 Å². The lowest BCUT2D eigenvalue weighted by Gasteiger charge is -2.45. The molecule has 6 heteroatoms. The average molecular weight is 519 g/mol. The van der Waals surface area contributed by atoms with Gasteiger partial charge in [0.15, 0.2) is 12.1 Å². The highest BCUT2D eigenvalue weighted by molar-refractivity contribution is 5.87. The maximum absolute atomic E-state index is 14.6. The van der Waals surface area contributed by atoms with Gasteiger partial charge in [-0.05, 0) is 77.2 Å². The molecule has 0 radical (unpaired) electrons. The van der Waals surface area contributed by atoms with E-state index in [1.165, 1.54) is 0 Å². The molecule has 0 spiro atoms. The Morgan fingerprint density at radius 1 is 1.11 bits per heavy atom. The van der Waals surface area contributed by atoms with E-state index in [9.17, 15) is 9.90 Å². The molecule has 6 nitrogen and oxygen atoms in total. The van der Waals surface area contributed by atoms with Crippen molar-refractivity contribution >= 4 is 5.78 Å². The van der Waals surface area contributed by atoms with Gasteiger partial charge in [0, 0.05) is 12.5 Å². The Bertz CT molecular complexity index is 814. The van der Waals surface area contributed by atoms with Crippen molar-refractivity contribution in [3.8, 4) is 0 Å². The summed E-state index contributed by atoms with van der Waals surface area (Å²) >= 11 is 0. The van der Waals surface area contributed by atoms with Crippen LogP contribution in [0.1, 0.15) is 92.1 Å². The number of hydrogen-bond donors (Lipinski definition) is 1. The van der Waals surface area contributed by atoms with E-state index in [0.29, 0.717) is 26.1 Å². The molecule has 37 heavy (non-hydrogen) atoms. The lowest BCUT2D eigenvalue weighted by molar-refractivity contribution is -0.289. The van der Waals surface area contributed by atoms with Crippen molar-refractivity contribution in [3.63, 3.8) is 0 Å². The molecule has 1 aromatic rings. The molecule has 1 aromatic carbocycles. The van der Waals surface area contributed by atoms with Crippen molar-refractivity contribution < 1.29 is 28.8 Å². The highest BCUT2D eigenvalue weighted by Crippen LogP contribution is 2.40. The zero-order chi connectivity index (χ0) is 27.1. The largest absolute Gasteiger partial charge is 0.393 e. The molecule has 6 atom stereocenters. The first-order valence-electron chi connectivity index (χ1n) is 14.3. The third kappa shape index (κ3) is 8.86. The summed E-state index contributed by atoms with van der Waals surface area (Å²) in [6.45, 7) is 13.1. The molecule has 0 bridgehead atoms. The molecule has 2 aliphatic heterocycles. The number of ether oxygens (including phenoxy) is 4. The third-order valence-electron chi connectivity index (χ3n) is 8.02. The van der Waals surface area contributed by atoms with Gasteiger partial charge in [-0.1, -0.05) is 57.5 Å². The van der Waals surface area contributed by atoms with Gasteiger partial charge in [0.25, 0.3) is 0 Å². The van der Waals surface area contributed by atoms with Crippen molar-refractivity contribution in [1.82, 2.24) is 0 Å². The van der Waals surface area contributed by atoms with Crippen LogP contribution in [0, 0.1) is 17.3 Å². The van der Waals surface area contributed by atoms with E-state index < -0.39 is 11.2 Å². The van der Waals surface area contributed by atoms with Crippen LogP contribution in [0.5, 0.6) is 0 Å². The number of hydrogen-bond acceptors (Lipinski definition) is 6. The smallest absolute Gasteiger partial charge is 0.163 e. The summed E-state index contributed by atoms with van der Waals surface area (Å²) in [6, 6.07) is 10.2. The van der Waals surface area contributed by atoms with Crippen molar-refractivity contribution in [2.45, 2.75) is 123 Å². The number of ketones is 1. The molecular weight excluding hydrogens is 468 g/mol. The first kappa shape index (κ1) is 30.2. The quantitative estimate of drug-likeness (QED) is 0.341. The van der Waals surface area contributed by atoms with Crippen LogP contribution in [-0.2, 0) is 30.2 Å². The molecule has 2 saturated heterocycles. The van der Waals surface area contributed by atoms with E-state index in [-0.39, 0.29) is 42.2 Å². The van der Waals surface area contributed by atoms with Crippen LogP contribution in [0.3, 0.4) is 0 Å². The van der Waals surface area contributed by atoms with Crippen LogP contribution < -0.4 is 0 Å². The van der Waals surface area contributed by atoms with Crippen LogP contribution in [0.4, 0.5) is 0 Å². The number of aliphatic hydroxyl groups excluding tert-OH is 1. The van der Waals surface area contributed by atoms with Crippen LogP contribution in [0.15, 0.2) is 30.3 Å². The van der Waals surface area contributed by atoms with Gasteiger partial charge < -0.3 is 24.1 Å². The minimum absolute atomic E-state index is 0.129. The van der Waals surface area contributed by atoms with E-state index in [4.69, 9.17) is 18.9 Å². The Balaban J connectivity index is 1.92. The second-order valence-corrected chi connectivity index (χ2v) is 12.2. The number of carbonyl (C=O) groups excluding carboxylic acids is 1. The maximum atomic E-state index is 14.6. The minimum atomic E-state index is -0.713. The SMILES string of the molecule is CC(O)CCC[C@H](C)[C@@H](OC1CCCCO1)C(Cc1ccccc1)C(=O)C(C)(C)[C@@H]1CCOC(C)(C)O1. The summed E-state index contributed by atoms with van der Waals surface area (Å²) in [4.78, 5) is 14.6. The molecule has 1 N–H and O–H groups in total. The molecule has 3 rings (SSSR count). The monoisotopic (exact) mass is 518 g/mol. The fraction of sp³-hybridized carbons (Fsp3) is 0.774. The third-order valence-corrected chi connectivity index (χ3v) is 8.02. The standard InChI is InChI=1S/C31H50O6/c1-22(13-12-14-23(2)32)28(36-27-17-10-11-19-34-27)25(21-24-15-8-7-9-16-24)29(33)30(3,4)26-18-20-35-31(5,6)37-26/h7-9,15-16,22-23,25-28,32H,10-14,17-21H2,1-6H3/t22-,23?,25?,26-,27?,28+/m0/s1. The topological polar surface area (TPSA) is 74.2 Å². The summed E-state index contributed by atoms with van der Waals surface area (Å²) in [5.74, 6) is -0.763. The van der Waals surface area contributed by atoms with Gasteiger partial charge in [-0.3, -0.25) is 4.79 Å². The fourth-order valence-electron chi connectivity index (χ4n) is 5.74. The van der Waals surface area contributed by atoms with E-state index in [0.717, 1.165) is 44.1 Å². The van der Waals surface area contributed by atoms with Crippen molar-refractivity contribution in [3.05, 3.63) is 35.9 Å². The number of carbonyl (C=O) groups is 1. The van der Waals surface area contributed by atoms with Crippen LogP contribution in [-0.4, -0.2) is 54.5 Å². The Morgan fingerprint density at radius 3 is 2.46 bits per heavy atom. The first-order chi connectivity index (χ1) is 17.5. The molecule has 2 heterocycles. The normalized spacial score (nSPS) is 25.7. The van der Waals surface area contributed by atoms with Gasteiger partial charge in [-0.25, -0.2) is 0 Å². The molecule has 0 aromatic heterocycles. The first-order valence-corrected chi connectivity index (χ1v) is 14.3. The van der Waals surface area contributed by atoms with Crippen LogP contribution in [0.25, 0.3) is 0 Å². The number of rotatable bonds is 13. The van der Waals surface area contributed by atoms with E-state index in [1.54, 1.807) is 0 Å². The van der Waals surface area contributed by atoms with Crippen LogP contribution >= 0.6 is 0 Å². The summed E-state index contributed by atoms with van der Waals surface area (Å²) in [6.07, 6.45) is 5.61. The molecule has 0 aliphatic carbocycles. The molecule has 3 unspecified atom stereocenters. The van der Waals surface area contributed by atoms with Gasteiger partial charge >= 0.3 is 0 Å². The second-order valence-electron chi connectivity index (χ2n) is 12.2. The summed E-state index contributed by atoms with van der Waals surface area (Å²) in [7, 11) is 0. The van der Waals surface area contributed by atoms with Gasteiger partial charge in [-0.15, -0.1) is 0 Å². The highest BCUT2D eigenvalue weighted by atomic mass is 16.7. The molecule has 0 saturated carbocycles. The van der Waals surface area contributed by atoms with E-state index >= 15 is 0 Å². The van der Waals surface area contributed by atoms with Gasteiger partial charge in [-0.2, -0.15) is 0 Å². The number of benzene rings is 1. The fourth-order valence-corrected chi connectivity index (χ4v) is 5.74. The number of Topliss-reactive ketones (excluding diaryl/α,β-unsaturated/α-hetero) is 1. The van der Waals surface area contributed by atoms with Crippen molar-refractivity contribution in [2.24, 2.45) is 17.3 Å².